The van der Waals surface area contributed by atoms with Crippen LogP contribution in [0.5, 0.6) is 0 Å². The van der Waals surface area contributed by atoms with E-state index in [1.165, 1.54) is 0 Å². The SMILES string of the molecule is CC(C)NC(=O)Nc1ccccc1C(=O)N1CCNCC1. The average Bonchev–Trinajstić information content (AvgIpc) is 2.47. The van der Waals surface area contributed by atoms with E-state index in [2.05, 4.69) is 16.0 Å². The summed E-state index contributed by atoms with van der Waals surface area (Å²) in [6.07, 6.45) is 0. The van der Waals surface area contributed by atoms with Crippen LogP contribution in [0.15, 0.2) is 24.3 Å². The molecule has 1 aliphatic rings. The van der Waals surface area contributed by atoms with Gasteiger partial charge < -0.3 is 20.9 Å². The fourth-order valence-electron chi connectivity index (χ4n) is 2.24. The van der Waals surface area contributed by atoms with Gasteiger partial charge in [0, 0.05) is 32.2 Å². The molecule has 0 bridgehead atoms. The van der Waals surface area contributed by atoms with Crippen molar-refractivity contribution < 1.29 is 9.59 Å². The molecule has 114 valence electrons. The second kappa shape index (κ2) is 7.08. The molecule has 0 aliphatic carbocycles. The van der Waals surface area contributed by atoms with Crippen molar-refractivity contribution in [1.82, 2.24) is 15.5 Å². The van der Waals surface area contributed by atoms with E-state index in [0.29, 0.717) is 24.3 Å². The first-order valence-electron chi connectivity index (χ1n) is 7.24. The van der Waals surface area contributed by atoms with Gasteiger partial charge in [-0.3, -0.25) is 4.79 Å². The number of amides is 3. The minimum Gasteiger partial charge on any atom is -0.336 e. The molecule has 0 unspecified atom stereocenters. The third kappa shape index (κ3) is 4.19. The lowest BCUT2D eigenvalue weighted by Gasteiger charge is -2.28. The Labute approximate surface area is 124 Å². The number of nitrogens with zero attached hydrogens (tertiary/aromatic N) is 1. The number of para-hydroxylation sites is 1. The molecule has 21 heavy (non-hydrogen) atoms. The van der Waals surface area contributed by atoms with Crippen molar-refractivity contribution in [3.63, 3.8) is 0 Å². The van der Waals surface area contributed by atoms with Crippen LogP contribution in [-0.2, 0) is 0 Å². The van der Waals surface area contributed by atoms with Crippen molar-refractivity contribution >= 4 is 17.6 Å². The van der Waals surface area contributed by atoms with Gasteiger partial charge >= 0.3 is 6.03 Å². The molecule has 1 aliphatic heterocycles. The molecule has 0 atom stereocenters. The summed E-state index contributed by atoms with van der Waals surface area (Å²) in [7, 11) is 0. The van der Waals surface area contributed by atoms with Gasteiger partial charge in [0.15, 0.2) is 0 Å². The van der Waals surface area contributed by atoms with E-state index in [9.17, 15) is 9.59 Å². The Kier molecular flexibility index (Phi) is 5.16. The van der Waals surface area contributed by atoms with E-state index < -0.39 is 0 Å². The van der Waals surface area contributed by atoms with Crippen molar-refractivity contribution in [2.45, 2.75) is 19.9 Å². The van der Waals surface area contributed by atoms with Crippen LogP contribution in [0.1, 0.15) is 24.2 Å². The number of benzene rings is 1. The topological polar surface area (TPSA) is 73.5 Å². The summed E-state index contributed by atoms with van der Waals surface area (Å²) in [5.74, 6) is -0.0445. The predicted molar refractivity (Wildman–Crippen MR) is 82.5 cm³/mol. The Hall–Kier alpha value is -2.08. The Bertz CT molecular complexity index is 510. The summed E-state index contributed by atoms with van der Waals surface area (Å²) >= 11 is 0. The predicted octanol–water partition coefficient (Wildman–Crippen LogP) is 1.26. The number of hydrogen-bond donors (Lipinski definition) is 3. The highest BCUT2D eigenvalue weighted by Crippen LogP contribution is 2.17. The molecule has 1 aromatic carbocycles. The van der Waals surface area contributed by atoms with Gasteiger partial charge in [0.2, 0.25) is 0 Å². The summed E-state index contributed by atoms with van der Waals surface area (Å²) in [6, 6.07) is 6.84. The monoisotopic (exact) mass is 290 g/mol. The normalized spacial score (nSPS) is 14.9. The zero-order valence-electron chi connectivity index (χ0n) is 12.5. The Morgan fingerprint density at radius 2 is 1.86 bits per heavy atom. The summed E-state index contributed by atoms with van der Waals surface area (Å²) in [6.45, 7) is 6.75. The van der Waals surface area contributed by atoms with Crippen LogP contribution in [0.3, 0.4) is 0 Å². The average molecular weight is 290 g/mol. The lowest BCUT2D eigenvalue weighted by molar-refractivity contribution is 0.0737. The van der Waals surface area contributed by atoms with E-state index in [1.54, 1.807) is 29.2 Å². The van der Waals surface area contributed by atoms with E-state index in [4.69, 9.17) is 0 Å². The summed E-state index contributed by atoms with van der Waals surface area (Å²) < 4.78 is 0. The molecular weight excluding hydrogens is 268 g/mol. The molecule has 1 heterocycles. The first kappa shape index (κ1) is 15.3. The molecule has 1 aromatic rings. The Morgan fingerprint density at radius 1 is 1.19 bits per heavy atom. The minimum atomic E-state index is -0.300. The molecule has 0 saturated carbocycles. The number of piperazine rings is 1. The maximum Gasteiger partial charge on any atom is 0.319 e. The third-order valence-electron chi connectivity index (χ3n) is 3.23. The minimum absolute atomic E-state index is 0.0426. The summed E-state index contributed by atoms with van der Waals surface area (Å²) in [5, 5.41) is 8.72. The van der Waals surface area contributed by atoms with Crippen molar-refractivity contribution in [2.75, 3.05) is 31.5 Å². The lowest BCUT2D eigenvalue weighted by Crippen LogP contribution is -2.46. The van der Waals surface area contributed by atoms with E-state index in [-0.39, 0.29) is 18.0 Å². The lowest BCUT2D eigenvalue weighted by atomic mass is 10.1. The molecule has 0 aromatic heterocycles. The van der Waals surface area contributed by atoms with E-state index in [1.807, 2.05) is 13.8 Å². The fourth-order valence-corrected chi connectivity index (χ4v) is 2.24. The molecule has 6 nitrogen and oxygen atoms in total. The van der Waals surface area contributed by atoms with Crippen molar-refractivity contribution in [3.8, 4) is 0 Å². The molecule has 0 radical (unpaired) electrons. The van der Waals surface area contributed by atoms with Crippen LogP contribution in [0.25, 0.3) is 0 Å². The number of anilines is 1. The van der Waals surface area contributed by atoms with Gasteiger partial charge in [0.25, 0.3) is 5.91 Å². The highest BCUT2D eigenvalue weighted by Gasteiger charge is 2.21. The fraction of sp³-hybridized carbons (Fsp3) is 0.467. The highest BCUT2D eigenvalue weighted by atomic mass is 16.2. The summed E-state index contributed by atoms with van der Waals surface area (Å²) in [4.78, 5) is 26.2. The largest absolute Gasteiger partial charge is 0.336 e. The molecule has 2 rings (SSSR count). The number of urea groups is 1. The Balaban J connectivity index is 2.12. The maximum atomic E-state index is 12.6. The van der Waals surface area contributed by atoms with Crippen LogP contribution < -0.4 is 16.0 Å². The molecule has 6 heteroatoms. The van der Waals surface area contributed by atoms with Gasteiger partial charge in [-0.2, -0.15) is 0 Å². The van der Waals surface area contributed by atoms with Crippen LogP contribution >= 0.6 is 0 Å². The van der Waals surface area contributed by atoms with Crippen LogP contribution in [0, 0.1) is 0 Å². The Morgan fingerprint density at radius 3 is 2.52 bits per heavy atom. The zero-order valence-corrected chi connectivity index (χ0v) is 12.5. The second-order valence-electron chi connectivity index (χ2n) is 5.34. The van der Waals surface area contributed by atoms with Crippen LogP contribution in [0.2, 0.25) is 0 Å². The number of rotatable bonds is 3. The van der Waals surface area contributed by atoms with Crippen molar-refractivity contribution in [1.29, 1.82) is 0 Å². The smallest absolute Gasteiger partial charge is 0.319 e. The van der Waals surface area contributed by atoms with Gasteiger partial charge in [-0.05, 0) is 26.0 Å². The number of hydrogen-bond acceptors (Lipinski definition) is 3. The molecule has 1 saturated heterocycles. The van der Waals surface area contributed by atoms with Gasteiger partial charge in [0.1, 0.15) is 0 Å². The first-order valence-corrected chi connectivity index (χ1v) is 7.24. The second-order valence-corrected chi connectivity index (χ2v) is 5.34. The van der Waals surface area contributed by atoms with Crippen LogP contribution in [-0.4, -0.2) is 49.1 Å². The zero-order chi connectivity index (χ0) is 15.2. The van der Waals surface area contributed by atoms with Gasteiger partial charge in [-0.25, -0.2) is 4.79 Å². The number of nitrogens with one attached hydrogen (secondary N) is 3. The molecule has 1 fully saturated rings. The first-order chi connectivity index (χ1) is 10.1. The molecule has 3 amide bonds. The summed E-state index contributed by atoms with van der Waals surface area (Å²) in [5.41, 5.74) is 1.07. The molecule has 3 N–H and O–H groups in total. The number of carbonyl (C=O) groups excluding carboxylic acids is 2. The van der Waals surface area contributed by atoms with E-state index >= 15 is 0 Å². The molecular formula is C15H22N4O2. The maximum absolute atomic E-state index is 12.6. The highest BCUT2D eigenvalue weighted by molar-refractivity contribution is 6.03. The van der Waals surface area contributed by atoms with E-state index in [0.717, 1.165) is 13.1 Å². The van der Waals surface area contributed by atoms with Crippen LogP contribution in [0.4, 0.5) is 10.5 Å². The molecule has 0 spiro atoms. The standard InChI is InChI=1S/C15H22N4O2/c1-11(2)17-15(21)18-13-6-4-3-5-12(13)14(20)19-9-7-16-8-10-19/h3-6,11,16H,7-10H2,1-2H3,(H2,17,18,21). The van der Waals surface area contributed by atoms with Gasteiger partial charge in [0.05, 0.1) is 11.3 Å². The van der Waals surface area contributed by atoms with Gasteiger partial charge in [-0.1, -0.05) is 12.1 Å². The van der Waals surface area contributed by atoms with Crippen molar-refractivity contribution in [2.24, 2.45) is 0 Å². The van der Waals surface area contributed by atoms with Crippen molar-refractivity contribution in [3.05, 3.63) is 29.8 Å². The number of carbonyl (C=O) groups is 2. The quantitative estimate of drug-likeness (QED) is 0.784. The van der Waals surface area contributed by atoms with Gasteiger partial charge in [-0.15, -0.1) is 0 Å². The third-order valence-corrected chi connectivity index (χ3v) is 3.23.